The molecule has 1 N–H and O–H groups in total. The number of nitrogens with zero attached hydrogens (tertiary/aromatic N) is 5. The molecule has 0 spiro atoms. The number of amides is 2. The summed E-state index contributed by atoms with van der Waals surface area (Å²) < 4.78 is 7.31. The number of nitrogens with one attached hydrogen (secondary N) is 1. The number of hydrogen-bond acceptors (Lipinski definition) is 6. The fourth-order valence-corrected chi connectivity index (χ4v) is 5.35. The number of aromatic nitrogens is 1. The Labute approximate surface area is 211 Å². The number of carbonyl (C=O) groups is 2. The summed E-state index contributed by atoms with van der Waals surface area (Å²) in [5, 5.41) is 15.8. The Bertz CT molecular complexity index is 1340. The number of thioether (sulfide) groups is 1. The molecule has 180 valence electrons. The lowest BCUT2D eigenvalue weighted by Crippen LogP contribution is -2.41. The van der Waals surface area contributed by atoms with E-state index < -0.39 is 5.91 Å². The zero-order valence-electron chi connectivity index (χ0n) is 19.2. The standard InChI is InChI=1S/C24H23ClN6O3S/c1-14-11-16(15(2)30(14)19-6-4-3-5-18(19)25)12-17-22(26)31-24(27-23(17)33)35-20(28-31)13-21(32)29-7-9-34-10-8-29/h3-6,11-12,26H,7-10,13H2,1-2H3. The average molecular weight is 511 g/mol. The first-order valence-electron chi connectivity index (χ1n) is 11.1. The quantitative estimate of drug-likeness (QED) is 0.633. The molecule has 4 heterocycles. The van der Waals surface area contributed by atoms with Crippen LogP contribution < -0.4 is 0 Å². The first-order valence-corrected chi connectivity index (χ1v) is 12.3. The number of rotatable bonds is 4. The van der Waals surface area contributed by atoms with Crippen molar-refractivity contribution in [1.82, 2.24) is 14.5 Å². The molecular weight excluding hydrogens is 488 g/mol. The fourth-order valence-electron chi connectivity index (χ4n) is 4.25. The van der Waals surface area contributed by atoms with Gasteiger partial charge in [-0.25, -0.2) is 0 Å². The molecule has 0 atom stereocenters. The molecule has 1 aromatic heterocycles. The maximum absolute atomic E-state index is 12.9. The Kier molecular flexibility index (Phi) is 6.35. The van der Waals surface area contributed by atoms with Crippen molar-refractivity contribution in [2.45, 2.75) is 20.3 Å². The third-order valence-electron chi connectivity index (χ3n) is 6.03. The second-order valence-electron chi connectivity index (χ2n) is 8.30. The Hall–Kier alpha value is -3.21. The van der Waals surface area contributed by atoms with Crippen LogP contribution in [0.2, 0.25) is 5.02 Å². The molecule has 2 amide bonds. The molecular formula is C24H23ClN6O3S. The Balaban J connectivity index is 1.40. The summed E-state index contributed by atoms with van der Waals surface area (Å²) in [5.74, 6) is -0.628. The molecule has 0 aliphatic carbocycles. The van der Waals surface area contributed by atoms with Crippen LogP contribution in [0.25, 0.3) is 11.8 Å². The lowest BCUT2D eigenvalue weighted by molar-refractivity contribution is -0.133. The van der Waals surface area contributed by atoms with E-state index in [9.17, 15) is 9.59 Å². The Morgan fingerprint density at radius 1 is 1.26 bits per heavy atom. The molecule has 0 bridgehead atoms. The molecule has 5 rings (SSSR count). The van der Waals surface area contributed by atoms with Crippen molar-refractivity contribution in [2.24, 2.45) is 10.1 Å². The summed E-state index contributed by atoms with van der Waals surface area (Å²) >= 11 is 7.56. The van der Waals surface area contributed by atoms with Gasteiger partial charge in [0, 0.05) is 24.5 Å². The molecule has 3 aliphatic heterocycles. The topological polar surface area (TPSA) is 103 Å². The van der Waals surface area contributed by atoms with Crippen LogP contribution in [0.5, 0.6) is 0 Å². The van der Waals surface area contributed by atoms with Gasteiger partial charge in [-0.15, -0.1) is 0 Å². The lowest BCUT2D eigenvalue weighted by Gasteiger charge is -2.26. The van der Waals surface area contributed by atoms with Gasteiger partial charge in [0.25, 0.3) is 5.91 Å². The smallest absolute Gasteiger partial charge is 0.283 e. The normalized spacial score (nSPS) is 19.2. The molecule has 9 nitrogen and oxygen atoms in total. The third kappa shape index (κ3) is 4.44. The van der Waals surface area contributed by atoms with Gasteiger partial charge in [0.1, 0.15) is 5.04 Å². The largest absolute Gasteiger partial charge is 0.378 e. The summed E-state index contributed by atoms with van der Waals surface area (Å²) in [6.07, 6.45) is 1.76. The highest BCUT2D eigenvalue weighted by Gasteiger charge is 2.36. The van der Waals surface area contributed by atoms with Crippen LogP contribution in [0.1, 0.15) is 23.4 Å². The Morgan fingerprint density at radius 3 is 2.74 bits per heavy atom. The molecule has 3 aliphatic rings. The number of hydrogen-bond donors (Lipinski definition) is 1. The van der Waals surface area contributed by atoms with Crippen LogP contribution in [-0.4, -0.2) is 68.6 Å². The molecule has 1 saturated heterocycles. The first-order chi connectivity index (χ1) is 16.8. The second kappa shape index (κ2) is 9.44. The number of benzene rings is 1. The zero-order chi connectivity index (χ0) is 24.7. The van der Waals surface area contributed by atoms with Crippen molar-refractivity contribution in [3.63, 3.8) is 0 Å². The van der Waals surface area contributed by atoms with Crippen molar-refractivity contribution in [3.05, 3.63) is 57.9 Å². The van der Waals surface area contributed by atoms with E-state index in [1.807, 2.05) is 48.7 Å². The minimum atomic E-state index is -0.507. The van der Waals surface area contributed by atoms with Crippen LogP contribution >= 0.6 is 23.4 Å². The van der Waals surface area contributed by atoms with Gasteiger partial charge >= 0.3 is 0 Å². The SMILES string of the molecule is Cc1cc(C=C2C(=N)N3N=C(CC(=O)N4CCOCC4)SC3=NC2=O)c(C)n1-c1ccccc1Cl. The van der Waals surface area contributed by atoms with Crippen LogP contribution in [-0.2, 0) is 14.3 Å². The van der Waals surface area contributed by atoms with E-state index >= 15 is 0 Å². The first kappa shape index (κ1) is 23.5. The number of halogens is 1. The number of aliphatic imine (C=N–C) groups is 1. The molecule has 0 saturated carbocycles. The fraction of sp³-hybridized carbons (Fsp3) is 0.292. The van der Waals surface area contributed by atoms with Crippen LogP contribution in [0, 0.1) is 19.3 Å². The van der Waals surface area contributed by atoms with Crippen LogP contribution in [0.15, 0.2) is 46.0 Å². The van der Waals surface area contributed by atoms with Gasteiger partial charge in [-0.05, 0) is 55.4 Å². The Morgan fingerprint density at radius 2 is 2.00 bits per heavy atom. The number of carbonyl (C=O) groups excluding carboxylic acids is 2. The van der Waals surface area contributed by atoms with Gasteiger partial charge in [0.15, 0.2) is 5.84 Å². The van der Waals surface area contributed by atoms with E-state index in [1.54, 1.807) is 11.0 Å². The third-order valence-corrected chi connectivity index (χ3v) is 7.25. The predicted octanol–water partition coefficient (Wildman–Crippen LogP) is 3.62. The summed E-state index contributed by atoms with van der Waals surface area (Å²) in [5.41, 5.74) is 3.59. The minimum absolute atomic E-state index is 0.0550. The highest BCUT2D eigenvalue weighted by molar-refractivity contribution is 8.27. The van der Waals surface area contributed by atoms with E-state index in [1.165, 1.54) is 5.01 Å². The summed E-state index contributed by atoms with van der Waals surface area (Å²) in [6.45, 7) is 6.04. The number of aryl methyl sites for hydroxylation is 1. The van der Waals surface area contributed by atoms with Crippen LogP contribution in [0.3, 0.4) is 0 Å². The van der Waals surface area contributed by atoms with Crippen molar-refractivity contribution in [2.75, 3.05) is 26.3 Å². The van der Waals surface area contributed by atoms with E-state index in [0.717, 1.165) is 34.4 Å². The summed E-state index contributed by atoms with van der Waals surface area (Å²) in [6, 6.07) is 9.49. The number of morpholine rings is 1. The lowest BCUT2D eigenvalue weighted by atomic mass is 10.1. The summed E-state index contributed by atoms with van der Waals surface area (Å²) in [4.78, 5) is 31.3. The molecule has 35 heavy (non-hydrogen) atoms. The van der Waals surface area contributed by atoms with E-state index in [0.29, 0.717) is 41.5 Å². The molecule has 0 unspecified atom stereocenters. The number of hydrazone groups is 1. The molecule has 2 aromatic rings. The van der Waals surface area contributed by atoms with Gasteiger partial charge in [-0.2, -0.15) is 15.1 Å². The van der Waals surface area contributed by atoms with Crippen molar-refractivity contribution in [1.29, 1.82) is 5.41 Å². The number of para-hydroxylation sites is 1. The monoisotopic (exact) mass is 510 g/mol. The van der Waals surface area contributed by atoms with Crippen LogP contribution in [0.4, 0.5) is 0 Å². The predicted molar refractivity (Wildman–Crippen MR) is 137 cm³/mol. The molecule has 1 fully saturated rings. The van der Waals surface area contributed by atoms with Gasteiger partial charge < -0.3 is 14.2 Å². The van der Waals surface area contributed by atoms with E-state index in [2.05, 4.69) is 10.1 Å². The summed E-state index contributed by atoms with van der Waals surface area (Å²) in [7, 11) is 0. The molecule has 1 aromatic carbocycles. The minimum Gasteiger partial charge on any atom is -0.378 e. The van der Waals surface area contributed by atoms with Crippen molar-refractivity contribution < 1.29 is 14.3 Å². The average Bonchev–Trinajstić information content (AvgIpc) is 3.37. The highest BCUT2D eigenvalue weighted by atomic mass is 35.5. The van der Waals surface area contributed by atoms with Gasteiger partial charge in [0.2, 0.25) is 11.1 Å². The number of fused-ring (bicyclic) bond motifs is 1. The number of amidine groups is 2. The van der Waals surface area contributed by atoms with Crippen molar-refractivity contribution in [3.8, 4) is 5.69 Å². The molecule has 11 heteroatoms. The molecule has 0 radical (unpaired) electrons. The maximum Gasteiger partial charge on any atom is 0.283 e. The van der Waals surface area contributed by atoms with E-state index in [-0.39, 0.29) is 23.7 Å². The van der Waals surface area contributed by atoms with Gasteiger partial charge in [-0.1, -0.05) is 23.7 Å². The van der Waals surface area contributed by atoms with E-state index in [4.69, 9.17) is 21.7 Å². The zero-order valence-corrected chi connectivity index (χ0v) is 20.8. The second-order valence-corrected chi connectivity index (χ2v) is 9.74. The highest BCUT2D eigenvalue weighted by Crippen LogP contribution is 2.32. The van der Waals surface area contributed by atoms with Gasteiger partial charge in [-0.3, -0.25) is 15.0 Å². The number of ether oxygens (including phenoxy) is 1. The maximum atomic E-state index is 12.9. The van der Waals surface area contributed by atoms with Crippen molar-refractivity contribution >= 4 is 57.3 Å². The van der Waals surface area contributed by atoms with Gasteiger partial charge in [0.05, 0.1) is 35.9 Å².